The third-order valence-electron chi connectivity index (χ3n) is 4.71. The summed E-state index contributed by atoms with van der Waals surface area (Å²) in [6.45, 7) is 4.38. The second-order valence-electron chi connectivity index (χ2n) is 6.97. The van der Waals surface area contributed by atoms with Gasteiger partial charge in [-0.3, -0.25) is 4.79 Å². The summed E-state index contributed by atoms with van der Waals surface area (Å²) in [6, 6.07) is 19.4. The molecular weight excluding hydrogens is 467 g/mol. The Morgan fingerprint density at radius 1 is 1.04 bits per heavy atom. The summed E-state index contributed by atoms with van der Waals surface area (Å²) >= 11 is 1.77. The summed E-state index contributed by atoms with van der Waals surface area (Å²) in [7, 11) is 0. The molecule has 0 aliphatic rings. The lowest BCUT2D eigenvalue weighted by Crippen LogP contribution is -2.05. The van der Waals surface area contributed by atoms with Gasteiger partial charge in [0.25, 0.3) is 0 Å². The van der Waals surface area contributed by atoms with Gasteiger partial charge in [-0.2, -0.15) is 0 Å². The van der Waals surface area contributed by atoms with Gasteiger partial charge in [-0.05, 0) is 16.3 Å². The highest BCUT2D eigenvalue weighted by Crippen LogP contribution is 2.32. The molecule has 5 heteroatoms. The molecule has 28 heavy (non-hydrogen) atoms. The molecule has 142 valence electrons. The van der Waals surface area contributed by atoms with Crippen molar-refractivity contribution in [2.45, 2.75) is 26.4 Å². The SMILES string of the molecule is CC(C)c1cc(=O)c2c(OI)cc(OCc3cccc4ccccc34)cc2o1. The molecule has 1 heterocycles. The van der Waals surface area contributed by atoms with Crippen LogP contribution in [0.3, 0.4) is 0 Å². The molecule has 3 aromatic carbocycles. The van der Waals surface area contributed by atoms with E-state index in [0.29, 0.717) is 34.8 Å². The van der Waals surface area contributed by atoms with E-state index in [1.807, 2.05) is 32.0 Å². The molecule has 0 fully saturated rings. The fourth-order valence-electron chi connectivity index (χ4n) is 3.26. The van der Waals surface area contributed by atoms with E-state index < -0.39 is 0 Å². The van der Waals surface area contributed by atoms with Gasteiger partial charge in [0.15, 0.2) is 34.2 Å². The second kappa shape index (κ2) is 7.83. The standard InChI is InChI=1S/C23H19IO4/c1-14(2)20-12-19(25)23-21(27-20)10-17(11-22(23)28-24)26-13-16-8-5-7-15-6-3-4-9-18(15)16/h3-12,14H,13H2,1-2H3. The first kappa shape index (κ1) is 18.8. The maximum Gasteiger partial charge on any atom is 0.196 e. The smallest absolute Gasteiger partial charge is 0.196 e. The van der Waals surface area contributed by atoms with Gasteiger partial charge in [0, 0.05) is 24.1 Å². The predicted octanol–water partition coefficient (Wildman–Crippen LogP) is 6.38. The molecule has 0 amide bonds. The molecule has 4 aromatic rings. The summed E-state index contributed by atoms with van der Waals surface area (Å²) < 4.78 is 17.4. The van der Waals surface area contributed by atoms with Crippen molar-refractivity contribution in [1.82, 2.24) is 0 Å². The number of fused-ring (bicyclic) bond motifs is 2. The first-order chi connectivity index (χ1) is 13.6. The third kappa shape index (κ3) is 3.58. The van der Waals surface area contributed by atoms with Gasteiger partial charge < -0.3 is 12.2 Å². The van der Waals surface area contributed by atoms with E-state index in [-0.39, 0.29) is 11.3 Å². The summed E-state index contributed by atoms with van der Waals surface area (Å²) in [4.78, 5) is 12.5. The lowest BCUT2D eigenvalue weighted by molar-refractivity contribution is 0.307. The van der Waals surface area contributed by atoms with Gasteiger partial charge in [-0.15, -0.1) is 0 Å². The molecular formula is C23H19IO4. The lowest BCUT2D eigenvalue weighted by atomic mass is 10.1. The second-order valence-corrected chi connectivity index (χ2v) is 7.41. The molecule has 0 aliphatic heterocycles. The van der Waals surface area contributed by atoms with Crippen LogP contribution in [-0.4, -0.2) is 0 Å². The van der Waals surface area contributed by atoms with E-state index in [2.05, 4.69) is 24.3 Å². The van der Waals surface area contributed by atoms with Crippen LogP contribution in [0, 0.1) is 0 Å². The maximum atomic E-state index is 12.5. The van der Waals surface area contributed by atoms with Crippen LogP contribution in [0.25, 0.3) is 21.7 Å². The highest BCUT2D eigenvalue weighted by molar-refractivity contribution is 14.1. The number of hydrogen-bond donors (Lipinski definition) is 0. The predicted molar refractivity (Wildman–Crippen MR) is 120 cm³/mol. The molecule has 4 rings (SSSR count). The van der Waals surface area contributed by atoms with E-state index >= 15 is 0 Å². The van der Waals surface area contributed by atoms with Gasteiger partial charge in [-0.1, -0.05) is 56.3 Å². The summed E-state index contributed by atoms with van der Waals surface area (Å²) in [5.74, 6) is 1.79. The average molecular weight is 486 g/mol. The quantitative estimate of drug-likeness (QED) is 0.308. The van der Waals surface area contributed by atoms with E-state index in [1.54, 1.807) is 35.1 Å². The van der Waals surface area contributed by atoms with E-state index in [9.17, 15) is 4.79 Å². The Balaban J connectivity index is 1.73. The molecule has 0 atom stereocenters. The molecule has 0 aliphatic carbocycles. The molecule has 1 aromatic heterocycles. The number of rotatable bonds is 5. The van der Waals surface area contributed by atoms with Crippen LogP contribution in [0.4, 0.5) is 0 Å². The average Bonchev–Trinajstić information content (AvgIpc) is 2.71. The summed E-state index contributed by atoms with van der Waals surface area (Å²) in [5, 5.41) is 2.76. The monoisotopic (exact) mass is 486 g/mol. The highest BCUT2D eigenvalue weighted by atomic mass is 127. The Morgan fingerprint density at radius 2 is 1.82 bits per heavy atom. The van der Waals surface area contributed by atoms with Crippen molar-refractivity contribution in [2.24, 2.45) is 0 Å². The van der Waals surface area contributed by atoms with E-state index in [1.165, 1.54) is 11.5 Å². The van der Waals surface area contributed by atoms with Crippen molar-refractivity contribution in [2.75, 3.05) is 0 Å². The molecule has 0 radical (unpaired) electrons. The molecule has 0 spiro atoms. The first-order valence-electron chi connectivity index (χ1n) is 9.06. The van der Waals surface area contributed by atoms with Crippen molar-refractivity contribution in [3.8, 4) is 11.5 Å². The number of ether oxygens (including phenoxy) is 1. The summed E-state index contributed by atoms with van der Waals surface area (Å²) in [6.07, 6.45) is 0. The van der Waals surface area contributed by atoms with Crippen molar-refractivity contribution in [1.29, 1.82) is 0 Å². The zero-order valence-electron chi connectivity index (χ0n) is 15.6. The van der Waals surface area contributed by atoms with Crippen molar-refractivity contribution in [3.63, 3.8) is 0 Å². The fraction of sp³-hybridized carbons (Fsp3) is 0.174. The molecule has 0 unspecified atom stereocenters. The van der Waals surface area contributed by atoms with Crippen LogP contribution in [0.2, 0.25) is 0 Å². The third-order valence-corrected chi connectivity index (χ3v) is 5.19. The van der Waals surface area contributed by atoms with Crippen LogP contribution in [0.15, 0.2) is 69.9 Å². The van der Waals surface area contributed by atoms with Crippen LogP contribution in [0.5, 0.6) is 11.5 Å². The van der Waals surface area contributed by atoms with E-state index in [0.717, 1.165) is 10.9 Å². The van der Waals surface area contributed by atoms with Gasteiger partial charge in [0.05, 0.1) is 0 Å². The molecule has 4 nitrogen and oxygen atoms in total. The first-order valence-corrected chi connectivity index (χ1v) is 9.94. The maximum absolute atomic E-state index is 12.5. The largest absolute Gasteiger partial charge is 0.489 e. The van der Waals surface area contributed by atoms with Crippen LogP contribution < -0.4 is 13.2 Å². The Kier molecular flexibility index (Phi) is 5.26. The van der Waals surface area contributed by atoms with Crippen molar-refractivity contribution >= 4 is 44.7 Å². The zero-order valence-corrected chi connectivity index (χ0v) is 17.7. The Hall–Kier alpha value is -2.54. The van der Waals surface area contributed by atoms with Gasteiger partial charge in [0.2, 0.25) is 0 Å². The zero-order chi connectivity index (χ0) is 19.7. The Bertz CT molecular complexity index is 1210. The van der Waals surface area contributed by atoms with Gasteiger partial charge in [-0.25, -0.2) is 0 Å². The lowest BCUT2D eigenvalue weighted by Gasteiger charge is -2.12. The van der Waals surface area contributed by atoms with Crippen molar-refractivity contribution in [3.05, 3.63) is 82.2 Å². The van der Waals surface area contributed by atoms with Crippen LogP contribution in [0.1, 0.15) is 31.1 Å². The minimum absolute atomic E-state index is 0.112. The Labute approximate surface area is 176 Å². The summed E-state index contributed by atoms with van der Waals surface area (Å²) in [5.41, 5.74) is 1.45. The number of benzene rings is 3. The minimum atomic E-state index is -0.114. The molecule has 0 bridgehead atoms. The van der Waals surface area contributed by atoms with E-state index in [4.69, 9.17) is 12.2 Å². The van der Waals surface area contributed by atoms with Crippen LogP contribution >= 0.6 is 23.0 Å². The van der Waals surface area contributed by atoms with Gasteiger partial charge in [0.1, 0.15) is 29.1 Å². The topological polar surface area (TPSA) is 48.7 Å². The van der Waals surface area contributed by atoms with Gasteiger partial charge >= 0.3 is 0 Å². The highest BCUT2D eigenvalue weighted by Gasteiger charge is 2.15. The Morgan fingerprint density at radius 3 is 2.61 bits per heavy atom. The molecule has 0 N–H and O–H groups in total. The molecule has 0 saturated carbocycles. The number of hydrogen-bond acceptors (Lipinski definition) is 4. The fourth-order valence-corrected chi connectivity index (χ4v) is 3.60. The van der Waals surface area contributed by atoms with Crippen LogP contribution in [-0.2, 0) is 6.61 Å². The normalized spacial score (nSPS) is 11.3. The van der Waals surface area contributed by atoms with Crippen molar-refractivity contribution < 1.29 is 12.2 Å². The minimum Gasteiger partial charge on any atom is -0.489 e. The number of halogens is 1. The molecule has 0 saturated heterocycles.